The topological polar surface area (TPSA) is 99.2 Å². The van der Waals surface area contributed by atoms with Crippen molar-refractivity contribution in [3.8, 4) is 17.3 Å². The highest BCUT2D eigenvalue weighted by atomic mass is 35.5. The predicted molar refractivity (Wildman–Crippen MR) is 138 cm³/mol. The van der Waals surface area contributed by atoms with E-state index in [0.717, 1.165) is 11.8 Å². The first-order valence-electron chi connectivity index (χ1n) is 11.7. The second kappa shape index (κ2) is 10.5. The second-order valence-electron chi connectivity index (χ2n) is 9.17. The summed E-state index contributed by atoms with van der Waals surface area (Å²) in [5, 5.41) is 10.6. The molecular formula is C27H25ClF2N4O4. The van der Waals surface area contributed by atoms with E-state index < -0.39 is 28.4 Å². The monoisotopic (exact) mass is 542 g/mol. The molecule has 4 heterocycles. The van der Waals surface area contributed by atoms with Gasteiger partial charge in [-0.3, -0.25) is 23.7 Å². The van der Waals surface area contributed by atoms with Crippen molar-refractivity contribution in [1.29, 1.82) is 0 Å². The lowest BCUT2D eigenvalue weighted by atomic mass is 10.00. The molecule has 0 unspecified atom stereocenters. The molecule has 0 fully saturated rings. The minimum absolute atomic E-state index is 0.0199. The zero-order valence-corrected chi connectivity index (χ0v) is 21.9. The molecule has 198 valence electrons. The molecule has 4 rings (SSSR count). The molecule has 38 heavy (non-hydrogen) atoms. The zero-order chi connectivity index (χ0) is 27.8. The number of ether oxygens (including phenoxy) is 1. The summed E-state index contributed by atoms with van der Waals surface area (Å²) >= 11 is 6.19. The van der Waals surface area contributed by atoms with Gasteiger partial charge in [-0.25, -0.2) is 13.8 Å². The van der Waals surface area contributed by atoms with Gasteiger partial charge < -0.3 is 9.84 Å². The molecular weight excluding hydrogens is 518 g/mol. The van der Waals surface area contributed by atoms with Gasteiger partial charge in [0, 0.05) is 42.4 Å². The molecule has 0 aliphatic heterocycles. The Labute approximate surface area is 221 Å². The van der Waals surface area contributed by atoms with E-state index in [1.807, 2.05) is 6.92 Å². The van der Waals surface area contributed by atoms with E-state index in [9.17, 15) is 23.5 Å². The Morgan fingerprint density at radius 3 is 2.47 bits per heavy atom. The molecule has 0 aliphatic carbocycles. The Hall–Kier alpha value is -3.89. The van der Waals surface area contributed by atoms with Crippen molar-refractivity contribution in [3.05, 3.63) is 109 Å². The summed E-state index contributed by atoms with van der Waals surface area (Å²) in [6.45, 7) is 6.24. The normalized spacial score (nSPS) is 11.6. The quantitative estimate of drug-likeness (QED) is 0.372. The number of hydrogen-bond acceptors (Lipinski definition) is 6. The van der Waals surface area contributed by atoms with E-state index in [1.54, 1.807) is 25.3 Å². The van der Waals surface area contributed by atoms with Crippen LogP contribution in [-0.4, -0.2) is 24.2 Å². The van der Waals surface area contributed by atoms with Gasteiger partial charge in [-0.15, -0.1) is 0 Å². The number of aliphatic hydroxyl groups is 1. The molecule has 0 radical (unpaired) electrons. The number of halogens is 3. The van der Waals surface area contributed by atoms with Crippen molar-refractivity contribution in [3.63, 3.8) is 0 Å². The van der Waals surface area contributed by atoms with E-state index in [4.69, 9.17) is 16.3 Å². The number of aryl methyl sites for hydroxylation is 2. The molecule has 4 aromatic rings. The lowest BCUT2D eigenvalue weighted by Gasteiger charge is -2.20. The van der Waals surface area contributed by atoms with Crippen LogP contribution < -0.4 is 15.9 Å². The summed E-state index contributed by atoms with van der Waals surface area (Å²) in [6, 6.07) is 6.65. The van der Waals surface area contributed by atoms with Crippen molar-refractivity contribution in [2.24, 2.45) is 0 Å². The fourth-order valence-electron chi connectivity index (χ4n) is 4.09. The molecule has 8 nitrogen and oxygen atoms in total. The van der Waals surface area contributed by atoms with Gasteiger partial charge in [-0.1, -0.05) is 18.5 Å². The lowest BCUT2D eigenvalue weighted by molar-refractivity contribution is 0.0769. The summed E-state index contributed by atoms with van der Waals surface area (Å²) in [7, 11) is 0. The smallest absolute Gasteiger partial charge is 0.263 e. The average molecular weight is 543 g/mol. The van der Waals surface area contributed by atoms with E-state index in [2.05, 4.69) is 9.97 Å². The first kappa shape index (κ1) is 27.2. The summed E-state index contributed by atoms with van der Waals surface area (Å²) in [6.07, 6.45) is 4.46. The largest absolute Gasteiger partial charge is 0.487 e. The molecule has 0 aliphatic rings. The number of nitrogens with zero attached hydrogens (tertiary/aromatic N) is 4. The maximum atomic E-state index is 13.9. The van der Waals surface area contributed by atoms with Gasteiger partial charge >= 0.3 is 0 Å². The fourth-order valence-corrected chi connectivity index (χ4v) is 4.46. The minimum Gasteiger partial charge on any atom is -0.487 e. The molecule has 1 N–H and O–H groups in total. The second-order valence-corrected chi connectivity index (χ2v) is 9.58. The van der Waals surface area contributed by atoms with Crippen LogP contribution >= 0.6 is 11.6 Å². The van der Waals surface area contributed by atoms with Gasteiger partial charge in [0.2, 0.25) is 0 Å². The molecule has 0 saturated heterocycles. The van der Waals surface area contributed by atoms with Crippen molar-refractivity contribution in [1.82, 2.24) is 19.1 Å². The lowest BCUT2D eigenvalue weighted by Crippen LogP contribution is -2.32. The average Bonchev–Trinajstić information content (AvgIpc) is 2.82. The summed E-state index contributed by atoms with van der Waals surface area (Å²) < 4.78 is 35.3. The third-order valence-corrected chi connectivity index (χ3v) is 6.23. The molecule has 0 amide bonds. The highest BCUT2D eigenvalue weighted by molar-refractivity contribution is 6.31. The van der Waals surface area contributed by atoms with Crippen LogP contribution in [0.4, 0.5) is 8.78 Å². The number of pyridine rings is 4. The van der Waals surface area contributed by atoms with Gasteiger partial charge in [0.15, 0.2) is 5.82 Å². The molecule has 0 aromatic carbocycles. The number of aromatic nitrogens is 4. The van der Waals surface area contributed by atoms with Gasteiger partial charge in [-0.2, -0.15) is 0 Å². The minimum atomic E-state index is -1.49. The molecule has 0 bridgehead atoms. The highest BCUT2D eigenvalue weighted by Gasteiger charge is 2.25. The summed E-state index contributed by atoms with van der Waals surface area (Å²) in [4.78, 5) is 34.5. The van der Waals surface area contributed by atoms with Gasteiger partial charge in [0.25, 0.3) is 11.1 Å². The van der Waals surface area contributed by atoms with Crippen LogP contribution in [0.1, 0.15) is 43.3 Å². The Bertz CT molecular complexity index is 1640. The first-order chi connectivity index (χ1) is 17.9. The number of rotatable bonds is 7. The zero-order valence-electron chi connectivity index (χ0n) is 21.1. The van der Waals surface area contributed by atoms with Gasteiger partial charge in [0.1, 0.15) is 29.7 Å². The Kier molecular flexibility index (Phi) is 7.48. The van der Waals surface area contributed by atoms with Crippen molar-refractivity contribution in [2.45, 2.75) is 46.3 Å². The van der Waals surface area contributed by atoms with Crippen molar-refractivity contribution < 1.29 is 18.6 Å². The molecule has 11 heteroatoms. The van der Waals surface area contributed by atoms with E-state index >= 15 is 0 Å². The maximum Gasteiger partial charge on any atom is 0.263 e. The maximum absolute atomic E-state index is 13.9. The Morgan fingerprint density at radius 1 is 1.11 bits per heavy atom. The van der Waals surface area contributed by atoms with E-state index in [1.165, 1.54) is 41.3 Å². The Balaban J connectivity index is 1.76. The van der Waals surface area contributed by atoms with Crippen LogP contribution in [0.3, 0.4) is 0 Å². The standard InChI is InChI=1S/C27H25ClF2N4O4/c1-5-16-12-32-23(33-7-6-19(28)25(26(33)36)27(3,4)37)11-22(16)34-15(2)8-18(10-24(34)35)38-14-21-20(30)9-17(29)13-31-21/h6-13,37H,5,14H2,1-4H3. The molecule has 0 saturated carbocycles. The van der Waals surface area contributed by atoms with E-state index in [-0.39, 0.29) is 34.5 Å². The van der Waals surface area contributed by atoms with Crippen LogP contribution in [0.25, 0.3) is 11.5 Å². The molecule has 4 aromatic heterocycles. The summed E-state index contributed by atoms with van der Waals surface area (Å²) in [5.41, 5.74) is -0.779. The van der Waals surface area contributed by atoms with Crippen LogP contribution in [0.2, 0.25) is 5.02 Å². The van der Waals surface area contributed by atoms with Crippen LogP contribution in [0.15, 0.2) is 58.5 Å². The summed E-state index contributed by atoms with van der Waals surface area (Å²) in [5.74, 6) is -1.23. The number of hydrogen-bond donors (Lipinski definition) is 1. The highest BCUT2D eigenvalue weighted by Crippen LogP contribution is 2.25. The first-order valence-corrected chi connectivity index (χ1v) is 12.1. The predicted octanol–water partition coefficient (Wildman–Crippen LogP) is 4.39. The molecule has 0 spiro atoms. The van der Waals surface area contributed by atoms with Crippen molar-refractivity contribution >= 4 is 11.6 Å². The van der Waals surface area contributed by atoms with Gasteiger partial charge in [-0.05, 0) is 38.8 Å². The van der Waals surface area contributed by atoms with Crippen LogP contribution in [-0.2, 0) is 18.6 Å². The van der Waals surface area contributed by atoms with Crippen LogP contribution in [0.5, 0.6) is 5.75 Å². The van der Waals surface area contributed by atoms with Crippen molar-refractivity contribution in [2.75, 3.05) is 0 Å². The third-order valence-electron chi connectivity index (χ3n) is 5.92. The fraction of sp³-hybridized carbons (Fsp3) is 0.259. The molecule has 0 atom stereocenters. The third kappa shape index (κ3) is 5.36. The Morgan fingerprint density at radius 2 is 1.84 bits per heavy atom. The van der Waals surface area contributed by atoms with Gasteiger partial charge in [0.05, 0.1) is 28.1 Å². The van der Waals surface area contributed by atoms with E-state index in [0.29, 0.717) is 23.9 Å². The van der Waals surface area contributed by atoms with Crippen LogP contribution in [0, 0.1) is 18.6 Å². The SMILES string of the molecule is CCc1cnc(-n2ccc(Cl)c(C(C)(C)O)c2=O)cc1-n1c(C)cc(OCc2ncc(F)cc2F)cc1=O.